The molecule has 1 aliphatic rings. The monoisotopic (exact) mass is 322 g/mol. The molecule has 3 heterocycles. The van der Waals surface area contributed by atoms with Crippen molar-refractivity contribution in [3.63, 3.8) is 0 Å². The van der Waals surface area contributed by atoms with E-state index in [9.17, 15) is 0 Å². The van der Waals surface area contributed by atoms with E-state index >= 15 is 0 Å². The van der Waals surface area contributed by atoms with Gasteiger partial charge in [-0.3, -0.25) is 4.90 Å². The molecule has 0 radical (unpaired) electrons. The number of anilines is 1. The molecule has 0 aliphatic carbocycles. The van der Waals surface area contributed by atoms with Crippen molar-refractivity contribution in [2.75, 3.05) is 18.4 Å². The average molecular weight is 322 g/mol. The predicted octanol–water partition coefficient (Wildman–Crippen LogP) is 2.44. The zero-order chi connectivity index (χ0) is 16.4. The molecule has 6 nitrogen and oxygen atoms in total. The van der Waals surface area contributed by atoms with E-state index in [1.54, 1.807) is 6.20 Å². The largest absolute Gasteiger partial charge is 0.366 e. The number of aryl methyl sites for hydroxylation is 1. The molecule has 0 bridgehead atoms. The Hall–Kier alpha value is -2.47. The molecule has 0 atom stereocenters. The third-order valence-electron chi connectivity index (χ3n) is 4.76. The van der Waals surface area contributed by atoms with Crippen LogP contribution < -0.4 is 5.32 Å². The Labute approximate surface area is 141 Å². The summed E-state index contributed by atoms with van der Waals surface area (Å²) in [6.07, 6.45) is 3.92. The van der Waals surface area contributed by atoms with Gasteiger partial charge in [0.15, 0.2) is 0 Å². The van der Waals surface area contributed by atoms with Crippen LogP contribution in [0.2, 0.25) is 0 Å². The van der Waals surface area contributed by atoms with Crippen molar-refractivity contribution in [3.05, 3.63) is 48.4 Å². The Morgan fingerprint density at radius 3 is 2.71 bits per heavy atom. The Kier molecular flexibility index (Phi) is 4.13. The van der Waals surface area contributed by atoms with Crippen LogP contribution in [-0.4, -0.2) is 43.8 Å². The molecule has 1 aliphatic heterocycles. The Bertz CT molecular complexity index is 805. The van der Waals surface area contributed by atoms with E-state index in [1.165, 1.54) is 5.52 Å². The van der Waals surface area contributed by atoms with Crippen molar-refractivity contribution in [2.24, 2.45) is 7.05 Å². The molecular weight excluding hydrogens is 300 g/mol. The summed E-state index contributed by atoms with van der Waals surface area (Å²) in [5.41, 5.74) is 2.28. The van der Waals surface area contributed by atoms with Crippen LogP contribution in [0.25, 0.3) is 11.0 Å². The van der Waals surface area contributed by atoms with E-state index in [2.05, 4.69) is 50.2 Å². The molecule has 24 heavy (non-hydrogen) atoms. The molecule has 0 spiro atoms. The highest BCUT2D eigenvalue weighted by Crippen LogP contribution is 2.19. The number of nitrogens with zero attached hydrogens (tertiary/aromatic N) is 5. The molecule has 0 amide bonds. The van der Waals surface area contributed by atoms with Gasteiger partial charge in [-0.15, -0.1) is 5.10 Å². The minimum Gasteiger partial charge on any atom is -0.366 e. The number of rotatable bonds is 4. The van der Waals surface area contributed by atoms with Crippen molar-refractivity contribution >= 4 is 16.9 Å². The van der Waals surface area contributed by atoms with Gasteiger partial charge in [-0.05, 0) is 37.1 Å². The fourth-order valence-electron chi connectivity index (χ4n) is 3.36. The zero-order valence-electron chi connectivity index (χ0n) is 13.9. The number of likely N-dealkylation sites (tertiary alicyclic amines) is 1. The lowest BCUT2D eigenvalue weighted by Gasteiger charge is -2.32. The zero-order valence-corrected chi connectivity index (χ0v) is 13.9. The first-order valence-electron chi connectivity index (χ1n) is 8.46. The normalized spacial score (nSPS) is 16.5. The second-order valence-electron chi connectivity index (χ2n) is 6.38. The van der Waals surface area contributed by atoms with Gasteiger partial charge in [-0.1, -0.05) is 12.1 Å². The Morgan fingerprint density at radius 2 is 1.96 bits per heavy atom. The maximum absolute atomic E-state index is 4.78. The number of piperidine rings is 1. The number of nitrogens with one attached hydrogen (secondary N) is 1. The molecule has 1 N–H and O–H groups in total. The smallest absolute Gasteiger partial charge is 0.148 e. The maximum Gasteiger partial charge on any atom is 0.148 e. The molecule has 2 aromatic heterocycles. The minimum absolute atomic E-state index is 0.471. The molecule has 1 aromatic carbocycles. The summed E-state index contributed by atoms with van der Waals surface area (Å²) < 4.78 is 2.21. The van der Waals surface area contributed by atoms with Gasteiger partial charge in [-0.25, -0.2) is 4.98 Å². The quantitative estimate of drug-likeness (QED) is 0.799. The molecule has 1 saturated heterocycles. The molecule has 6 heteroatoms. The van der Waals surface area contributed by atoms with Gasteiger partial charge in [0.2, 0.25) is 0 Å². The third kappa shape index (κ3) is 3.10. The van der Waals surface area contributed by atoms with E-state index in [1.807, 2.05) is 18.2 Å². The van der Waals surface area contributed by atoms with E-state index in [0.717, 1.165) is 49.6 Å². The van der Waals surface area contributed by atoms with E-state index in [-0.39, 0.29) is 0 Å². The highest BCUT2D eigenvalue weighted by Gasteiger charge is 2.21. The van der Waals surface area contributed by atoms with E-state index in [4.69, 9.17) is 4.98 Å². The molecule has 124 valence electrons. The highest BCUT2D eigenvalue weighted by atomic mass is 15.2. The summed E-state index contributed by atoms with van der Waals surface area (Å²) in [6.45, 7) is 3.05. The number of imidazole rings is 1. The molecule has 0 saturated carbocycles. The lowest BCUT2D eigenvalue weighted by molar-refractivity contribution is 0.205. The lowest BCUT2D eigenvalue weighted by atomic mass is 10.1. The van der Waals surface area contributed by atoms with Crippen LogP contribution in [0.5, 0.6) is 0 Å². The molecule has 1 fully saturated rings. The number of aromatic nitrogens is 4. The van der Waals surface area contributed by atoms with Crippen molar-refractivity contribution in [1.82, 2.24) is 24.6 Å². The van der Waals surface area contributed by atoms with Crippen LogP contribution >= 0.6 is 0 Å². The summed E-state index contributed by atoms with van der Waals surface area (Å²) in [7, 11) is 2.10. The first-order chi connectivity index (χ1) is 11.8. The second kappa shape index (κ2) is 6.57. The van der Waals surface area contributed by atoms with Crippen molar-refractivity contribution in [3.8, 4) is 0 Å². The fourth-order valence-corrected chi connectivity index (χ4v) is 3.36. The summed E-state index contributed by atoms with van der Waals surface area (Å²) in [5, 5.41) is 11.5. The van der Waals surface area contributed by atoms with Crippen LogP contribution in [0.15, 0.2) is 42.6 Å². The van der Waals surface area contributed by atoms with Crippen molar-refractivity contribution in [2.45, 2.75) is 25.4 Å². The number of hydrogen-bond donors (Lipinski definition) is 1. The maximum atomic E-state index is 4.78. The van der Waals surface area contributed by atoms with Gasteiger partial charge in [-0.2, -0.15) is 5.10 Å². The Balaban J connectivity index is 1.36. The fraction of sp³-hybridized carbons (Fsp3) is 0.389. The van der Waals surface area contributed by atoms with E-state index < -0.39 is 0 Å². The first kappa shape index (κ1) is 15.1. The highest BCUT2D eigenvalue weighted by molar-refractivity contribution is 5.75. The summed E-state index contributed by atoms with van der Waals surface area (Å²) in [4.78, 5) is 7.26. The summed E-state index contributed by atoms with van der Waals surface area (Å²) in [6, 6.07) is 12.7. The van der Waals surface area contributed by atoms with Crippen LogP contribution in [-0.2, 0) is 13.6 Å². The second-order valence-corrected chi connectivity index (χ2v) is 6.38. The van der Waals surface area contributed by atoms with Gasteiger partial charge in [0, 0.05) is 32.4 Å². The number of benzene rings is 1. The predicted molar refractivity (Wildman–Crippen MR) is 94.7 cm³/mol. The molecule has 4 rings (SSSR count). The lowest BCUT2D eigenvalue weighted by Crippen LogP contribution is -2.39. The van der Waals surface area contributed by atoms with Crippen molar-refractivity contribution in [1.29, 1.82) is 0 Å². The topological polar surface area (TPSA) is 58.9 Å². The number of hydrogen-bond acceptors (Lipinski definition) is 5. The van der Waals surface area contributed by atoms with Crippen molar-refractivity contribution < 1.29 is 0 Å². The third-order valence-corrected chi connectivity index (χ3v) is 4.76. The standard InChI is InChI=1S/C18H22N6/c1-23-16-6-3-2-5-15(16)21-18(23)13-24-11-8-14(9-12-24)20-17-7-4-10-19-22-17/h2-7,10,14H,8-9,11-13H2,1H3,(H,20,22). The van der Waals surface area contributed by atoms with Gasteiger partial charge < -0.3 is 9.88 Å². The van der Waals surface area contributed by atoms with Crippen LogP contribution in [0, 0.1) is 0 Å². The molecular formula is C18H22N6. The van der Waals surface area contributed by atoms with Crippen LogP contribution in [0.4, 0.5) is 5.82 Å². The first-order valence-corrected chi connectivity index (χ1v) is 8.46. The summed E-state index contributed by atoms with van der Waals surface area (Å²) >= 11 is 0. The molecule has 3 aromatic rings. The van der Waals surface area contributed by atoms with Gasteiger partial charge in [0.1, 0.15) is 11.6 Å². The van der Waals surface area contributed by atoms with Crippen LogP contribution in [0.3, 0.4) is 0 Å². The molecule has 0 unspecified atom stereocenters. The minimum atomic E-state index is 0.471. The number of para-hydroxylation sites is 2. The number of fused-ring (bicyclic) bond motifs is 1. The SMILES string of the molecule is Cn1c(CN2CCC(Nc3cccnn3)CC2)nc2ccccc21. The van der Waals surface area contributed by atoms with E-state index in [0.29, 0.717) is 6.04 Å². The van der Waals surface area contributed by atoms with Gasteiger partial charge >= 0.3 is 0 Å². The van der Waals surface area contributed by atoms with Gasteiger partial charge in [0.25, 0.3) is 0 Å². The van der Waals surface area contributed by atoms with Crippen LogP contribution in [0.1, 0.15) is 18.7 Å². The van der Waals surface area contributed by atoms with Gasteiger partial charge in [0.05, 0.1) is 17.6 Å². The Morgan fingerprint density at radius 1 is 1.12 bits per heavy atom. The summed E-state index contributed by atoms with van der Waals surface area (Å²) in [5.74, 6) is 2.00. The average Bonchev–Trinajstić information content (AvgIpc) is 2.94.